The summed E-state index contributed by atoms with van der Waals surface area (Å²) < 4.78 is 1.78. The molecule has 0 aliphatic rings. The average molecular weight is 135 g/mol. The highest BCUT2D eigenvalue weighted by Gasteiger charge is 2.04. The first-order chi connectivity index (χ1) is 4.88. The molecule has 4 heteroatoms. The summed E-state index contributed by atoms with van der Waals surface area (Å²) in [7, 11) is 1.89. The molecule has 0 spiro atoms. The van der Waals surface area contributed by atoms with Gasteiger partial charge in [-0.15, -0.1) is 0 Å². The molecule has 0 bridgehead atoms. The van der Waals surface area contributed by atoms with Crippen molar-refractivity contribution in [3.8, 4) is 0 Å². The Morgan fingerprint density at radius 1 is 1.60 bits per heavy atom. The van der Waals surface area contributed by atoms with Gasteiger partial charge >= 0.3 is 0 Å². The Kier molecular flexibility index (Phi) is 0.943. The van der Waals surface area contributed by atoms with Crippen LogP contribution in [-0.4, -0.2) is 15.3 Å². The molecule has 1 N–H and O–H groups in total. The largest absolute Gasteiger partial charge is 0.276 e. The molecule has 2 aromatic heterocycles. The van der Waals surface area contributed by atoms with Crippen LogP contribution in [0.15, 0.2) is 18.5 Å². The van der Waals surface area contributed by atoms with E-state index in [1.807, 2.05) is 13.1 Å². The number of H-pyrrole nitrogens is 1. The van der Waals surface area contributed by atoms with Gasteiger partial charge in [0.15, 0.2) is 7.05 Å². The smallest absolute Gasteiger partial charge is 0.271 e. The van der Waals surface area contributed by atoms with Crippen LogP contribution in [0.1, 0.15) is 0 Å². The summed E-state index contributed by atoms with van der Waals surface area (Å²) in [6, 6.07) is 1.89. The maximum atomic E-state index is 4.04. The van der Waals surface area contributed by atoms with Crippen molar-refractivity contribution in [3.05, 3.63) is 18.5 Å². The lowest BCUT2D eigenvalue weighted by atomic mass is 10.4. The van der Waals surface area contributed by atoms with Crippen molar-refractivity contribution in [2.45, 2.75) is 0 Å². The molecule has 0 saturated heterocycles. The number of hydrogen-bond donors (Lipinski definition) is 1. The van der Waals surface area contributed by atoms with Crippen LogP contribution in [0.25, 0.3) is 11.0 Å². The number of fused-ring (bicyclic) bond motifs is 1. The molecule has 2 rings (SSSR count). The van der Waals surface area contributed by atoms with E-state index < -0.39 is 0 Å². The van der Waals surface area contributed by atoms with Gasteiger partial charge in [0.25, 0.3) is 5.52 Å². The fourth-order valence-corrected chi connectivity index (χ4v) is 0.940. The third kappa shape index (κ3) is 0.586. The lowest BCUT2D eigenvalue weighted by Gasteiger charge is -1.82. The van der Waals surface area contributed by atoms with E-state index in [-0.39, 0.29) is 0 Å². The molecule has 0 aromatic carbocycles. The fourth-order valence-electron chi connectivity index (χ4n) is 0.940. The van der Waals surface area contributed by atoms with Gasteiger partial charge in [0.2, 0.25) is 0 Å². The van der Waals surface area contributed by atoms with E-state index in [9.17, 15) is 0 Å². The lowest BCUT2D eigenvalue weighted by molar-refractivity contribution is -0.705. The summed E-state index contributed by atoms with van der Waals surface area (Å²) >= 11 is 0. The van der Waals surface area contributed by atoms with Crippen molar-refractivity contribution in [2.24, 2.45) is 7.05 Å². The summed E-state index contributed by atoms with van der Waals surface area (Å²) in [5.74, 6) is 0. The zero-order valence-corrected chi connectivity index (χ0v) is 5.57. The second-order valence-electron chi connectivity index (χ2n) is 2.12. The van der Waals surface area contributed by atoms with E-state index >= 15 is 0 Å². The van der Waals surface area contributed by atoms with Gasteiger partial charge in [-0.25, -0.2) is 0 Å². The molecule has 0 fully saturated rings. The van der Waals surface area contributed by atoms with Crippen LogP contribution in [0, 0.1) is 0 Å². The Hall–Kier alpha value is -1.45. The molecule has 10 heavy (non-hydrogen) atoms. The van der Waals surface area contributed by atoms with Gasteiger partial charge in [0.05, 0.1) is 6.20 Å². The minimum absolute atomic E-state index is 1.01. The minimum atomic E-state index is 1.01. The van der Waals surface area contributed by atoms with Crippen LogP contribution in [0.3, 0.4) is 0 Å². The van der Waals surface area contributed by atoms with E-state index in [0.29, 0.717) is 0 Å². The SMILES string of the molecule is C[n+]1nccc2[nH]ncc21. The molecular weight excluding hydrogens is 128 g/mol. The Bertz CT molecular complexity index is 351. The maximum Gasteiger partial charge on any atom is 0.276 e. The standard InChI is InChI=1S/C6H6N4/c1-10-6-4-7-9-5(6)2-3-8-10/h2-4H,1H3/p+1. The van der Waals surface area contributed by atoms with Crippen molar-refractivity contribution in [1.82, 2.24) is 15.3 Å². The quantitative estimate of drug-likeness (QED) is 0.508. The topological polar surface area (TPSA) is 45.5 Å². The van der Waals surface area contributed by atoms with Crippen molar-refractivity contribution < 1.29 is 4.68 Å². The highest BCUT2D eigenvalue weighted by Crippen LogP contribution is 1.99. The first-order valence-corrected chi connectivity index (χ1v) is 3.02. The van der Waals surface area contributed by atoms with Crippen molar-refractivity contribution >= 4 is 11.0 Å². The summed E-state index contributed by atoms with van der Waals surface area (Å²) in [6.07, 6.45) is 3.49. The summed E-state index contributed by atoms with van der Waals surface area (Å²) in [5.41, 5.74) is 2.03. The van der Waals surface area contributed by atoms with Crippen LogP contribution in [0.4, 0.5) is 0 Å². The first kappa shape index (κ1) is 5.34. The number of nitrogens with one attached hydrogen (secondary N) is 1. The van der Waals surface area contributed by atoms with E-state index in [0.717, 1.165) is 11.0 Å². The normalized spacial score (nSPS) is 10.5. The molecule has 2 heterocycles. The number of nitrogens with zero attached hydrogens (tertiary/aromatic N) is 3. The second kappa shape index (κ2) is 1.76. The predicted molar refractivity (Wildman–Crippen MR) is 35.1 cm³/mol. The van der Waals surface area contributed by atoms with E-state index in [1.165, 1.54) is 0 Å². The van der Waals surface area contributed by atoms with Gasteiger partial charge in [0.1, 0.15) is 11.7 Å². The number of hydrogen-bond acceptors (Lipinski definition) is 2. The van der Waals surface area contributed by atoms with Crippen LogP contribution >= 0.6 is 0 Å². The number of aromatic amines is 1. The van der Waals surface area contributed by atoms with Gasteiger partial charge in [-0.3, -0.25) is 5.10 Å². The number of aryl methyl sites for hydroxylation is 1. The minimum Gasteiger partial charge on any atom is -0.271 e. The van der Waals surface area contributed by atoms with E-state index in [4.69, 9.17) is 0 Å². The molecule has 0 saturated carbocycles. The highest BCUT2D eigenvalue weighted by atomic mass is 15.3. The maximum absolute atomic E-state index is 4.04. The third-order valence-electron chi connectivity index (χ3n) is 1.48. The molecule has 0 unspecified atom stereocenters. The zero-order valence-electron chi connectivity index (χ0n) is 5.57. The second-order valence-corrected chi connectivity index (χ2v) is 2.12. The molecule has 0 aliphatic heterocycles. The van der Waals surface area contributed by atoms with Crippen LogP contribution in [-0.2, 0) is 7.05 Å². The molecule has 0 atom stereocenters. The van der Waals surface area contributed by atoms with Gasteiger partial charge in [-0.2, -0.15) is 5.10 Å². The zero-order chi connectivity index (χ0) is 6.97. The van der Waals surface area contributed by atoms with Gasteiger partial charge in [-0.05, 0) is 11.2 Å². The third-order valence-corrected chi connectivity index (χ3v) is 1.48. The average Bonchev–Trinajstić information content (AvgIpc) is 2.36. The Balaban J connectivity index is 2.95. The fraction of sp³-hybridized carbons (Fsp3) is 0.167. The Labute approximate surface area is 57.5 Å². The highest BCUT2D eigenvalue weighted by molar-refractivity contribution is 5.68. The van der Waals surface area contributed by atoms with E-state index in [2.05, 4.69) is 15.3 Å². The summed E-state index contributed by atoms with van der Waals surface area (Å²) in [4.78, 5) is 0. The first-order valence-electron chi connectivity index (χ1n) is 3.02. The summed E-state index contributed by atoms with van der Waals surface area (Å²) in [6.45, 7) is 0. The van der Waals surface area contributed by atoms with Crippen LogP contribution in [0.2, 0.25) is 0 Å². The molecule has 2 aromatic rings. The lowest BCUT2D eigenvalue weighted by Crippen LogP contribution is -2.32. The molecule has 0 aliphatic carbocycles. The molecule has 0 amide bonds. The number of rotatable bonds is 0. The predicted octanol–water partition coefficient (Wildman–Crippen LogP) is -0.218. The number of aromatic nitrogens is 4. The molecular formula is C6H7N4+. The van der Waals surface area contributed by atoms with Gasteiger partial charge in [0, 0.05) is 0 Å². The monoisotopic (exact) mass is 135 g/mol. The van der Waals surface area contributed by atoms with Gasteiger partial charge in [-0.1, -0.05) is 4.68 Å². The Morgan fingerprint density at radius 2 is 2.50 bits per heavy atom. The van der Waals surface area contributed by atoms with Crippen LogP contribution < -0.4 is 4.68 Å². The van der Waals surface area contributed by atoms with Crippen molar-refractivity contribution in [1.29, 1.82) is 0 Å². The Morgan fingerprint density at radius 3 is 3.30 bits per heavy atom. The van der Waals surface area contributed by atoms with Gasteiger partial charge < -0.3 is 0 Å². The van der Waals surface area contributed by atoms with Crippen LogP contribution in [0.5, 0.6) is 0 Å². The molecule has 0 radical (unpaired) electrons. The van der Waals surface area contributed by atoms with E-state index in [1.54, 1.807) is 17.1 Å². The van der Waals surface area contributed by atoms with Crippen molar-refractivity contribution in [3.63, 3.8) is 0 Å². The molecule has 50 valence electrons. The molecule has 4 nitrogen and oxygen atoms in total. The van der Waals surface area contributed by atoms with Crippen molar-refractivity contribution in [2.75, 3.05) is 0 Å². The summed E-state index contributed by atoms with van der Waals surface area (Å²) in [5, 5.41) is 10.8.